The number of benzene rings is 1. The summed E-state index contributed by atoms with van der Waals surface area (Å²) in [6, 6.07) is 6.78. The third-order valence-corrected chi connectivity index (χ3v) is 3.66. The summed E-state index contributed by atoms with van der Waals surface area (Å²) < 4.78 is 0. The lowest BCUT2D eigenvalue weighted by Crippen LogP contribution is -2.21. The van der Waals surface area contributed by atoms with Crippen molar-refractivity contribution in [1.82, 2.24) is 15.3 Å². The zero-order chi connectivity index (χ0) is 14.1. The van der Waals surface area contributed by atoms with E-state index in [1.807, 2.05) is 0 Å². The number of halogens is 1. The highest BCUT2D eigenvalue weighted by Gasteiger charge is 2.21. The van der Waals surface area contributed by atoms with E-state index in [9.17, 15) is 9.90 Å². The lowest BCUT2D eigenvalue weighted by Gasteiger charge is -2.11. The molecule has 6 heteroatoms. The Kier molecular flexibility index (Phi) is 3.46. The van der Waals surface area contributed by atoms with E-state index in [0.29, 0.717) is 16.4 Å². The van der Waals surface area contributed by atoms with Gasteiger partial charge in [-0.1, -0.05) is 23.7 Å². The molecule has 2 heterocycles. The van der Waals surface area contributed by atoms with Crippen molar-refractivity contribution in [2.24, 2.45) is 0 Å². The van der Waals surface area contributed by atoms with Crippen LogP contribution in [0.3, 0.4) is 0 Å². The molecular formula is C14H14ClN3O2. The molecule has 104 valence electrons. The Hall–Kier alpha value is -1.85. The van der Waals surface area contributed by atoms with E-state index in [4.69, 9.17) is 11.6 Å². The number of aromatic amines is 1. The Morgan fingerprint density at radius 3 is 2.90 bits per heavy atom. The van der Waals surface area contributed by atoms with Crippen LogP contribution in [-0.4, -0.2) is 21.6 Å². The van der Waals surface area contributed by atoms with E-state index >= 15 is 0 Å². The van der Waals surface area contributed by atoms with Crippen LogP contribution in [0, 0.1) is 0 Å². The molecule has 0 amide bonds. The second kappa shape index (κ2) is 5.26. The molecule has 1 aliphatic rings. The van der Waals surface area contributed by atoms with Gasteiger partial charge in [-0.2, -0.15) is 4.98 Å². The van der Waals surface area contributed by atoms with Gasteiger partial charge in [-0.05, 0) is 37.1 Å². The lowest BCUT2D eigenvalue weighted by molar-refractivity contribution is 0.444. The minimum absolute atomic E-state index is 0.00186. The molecule has 1 aromatic carbocycles. The van der Waals surface area contributed by atoms with Gasteiger partial charge in [-0.3, -0.25) is 4.79 Å². The number of H-pyrrole nitrogens is 1. The van der Waals surface area contributed by atoms with Gasteiger partial charge >= 0.3 is 0 Å². The monoisotopic (exact) mass is 291 g/mol. The van der Waals surface area contributed by atoms with Gasteiger partial charge in [0.15, 0.2) is 0 Å². The van der Waals surface area contributed by atoms with Crippen LogP contribution in [0.15, 0.2) is 29.1 Å². The number of aromatic nitrogens is 2. The summed E-state index contributed by atoms with van der Waals surface area (Å²) in [6.45, 7) is 0.894. The molecule has 3 rings (SSSR count). The fraction of sp³-hybridized carbons (Fsp3) is 0.286. The number of hydrogen-bond donors (Lipinski definition) is 3. The summed E-state index contributed by atoms with van der Waals surface area (Å²) in [5, 5.41) is 13.8. The highest BCUT2D eigenvalue weighted by atomic mass is 35.5. The number of hydrogen-bond acceptors (Lipinski definition) is 4. The Balaban J connectivity index is 2.07. The normalized spacial score (nSPS) is 18.4. The molecule has 0 saturated carbocycles. The molecule has 1 atom stereocenters. The van der Waals surface area contributed by atoms with Crippen molar-refractivity contribution >= 4 is 11.6 Å². The Morgan fingerprint density at radius 2 is 2.25 bits per heavy atom. The van der Waals surface area contributed by atoms with Crippen LogP contribution in [0.1, 0.15) is 24.7 Å². The predicted molar refractivity (Wildman–Crippen MR) is 76.9 cm³/mol. The average Bonchev–Trinajstić information content (AvgIpc) is 2.91. The van der Waals surface area contributed by atoms with Crippen LogP contribution >= 0.6 is 11.6 Å². The molecule has 20 heavy (non-hydrogen) atoms. The summed E-state index contributed by atoms with van der Waals surface area (Å²) in [7, 11) is 0. The zero-order valence-corrected chi connectivity index (χ0v) is 11.4. The van der Waals surface area contributed by atoms with Gasteiger partial charge in [0.1, 0.15) is 11.4 Å². The van der Waals surface area contributed by atoms with Crippen LogP contribution in [0.2, 0.25) is 5.02 Å². The molecule has 1 saturated heterocycles. The van der Waals surface area contributed by atoms with E-state index in [1.54, 1.807) is 24.3 Å². The van der Waals surface area contributed by atoms with E-state index in [-0.39, 0.29) is 23.0 Å². The van der Waals surface area contributed by atoms with Gasteiger partial charge < -0.3 is 15.4 Å². The maximum atomic E-state index is 12.2. The van der Waals surface area contributed by atoms with Gasteiger partial charge in [0.25, 0.3) is 5.56 Å². The summed E-state index contributed by atoms with van der Waals surface area (Å²) in [6.07, 6.45) is 1.93. The number of nitrogens with one attached hydrogen (secondary N) is 2. The van der Waals surface area contributed by atoms with Crippen molar-refractivity contribution in [3.63, 3.8) is 0 Å². The summed E-state index contributed by atoms with van der Waals surface area (Å²) in [5.74, 6) is 0.218. The fourth-order valence-electron chi connectivity index (χ4n) is 2.47. The molecule has 0 radical (unpaired) electrons. The summed E-state index contributed by atoms with van der Waals surface area (Å²) >= 11 is 5.91. The van der Waals surface area contributed by atoms with Crippen LogP contribution < -0.4 is 10.9 Å². The van der Waals surface area contributed by atoms with Crippen LogP contribution in [-0.2, 0) is 0 Å². The topological polar surface area (TPSA) is 78.0 Å². The van der Waals surface area contributed by atoms with Gasteiger partial charge in [-0.25, -0.2) is 0 Å². The predicted octanol–water partition coefficient (Wildman–Crippen LogP) is 2.22. The first-order chi connectivity index (χ1) is 9.65. The highest BCUT2D eigenvalue weighted by Crippen LogP contribution is 2.27. The molecule has 0 spiro atoms. The zero-order valence-electron chi connectivity index (χ0n) is 10.7. The molecule has 1 fully saturated rings. The molecule has 3 N–H and O–H groups in total. The molecule has 0 aliphatic carbocycles. The molecule has 2 aromatic rings. The highest BCUT2D eigenvalue weighted by molar-refractivity contribution is 6.30. The Labute approximate surface area is 120 Å². The SMILES string of the molecule is O=c1[nH]c(C2CCCN2)nc(O)c1-c1cccc(Cl)c1. The summed E-state index contributed by atoms with van der Waals surface area (Å²) in [4.78, 5) is 19.1. The molecule has 1 aromatic heterocycles. The third-order valence-electron chi connectivity index (χ3n) is 3.42. The van der Waals surface area contributed by atoms with Crippen LogP contribution in [0.5, 0.6) is 5.88 Å². The number of aromatic hydroxyl groups is 1. The first-order valence-corrected chi connectivity index (χ1v) is 6.85. The molecule has 5 nitrogen and oxygen atoms in total. The van der Waals surface area contributed by atoms with Gasteiger partial charge in [0.05, 0.1) is 6.04 Å². The second-order valence-electron chi connectivity index (χ2n) is 4.81. The minimum Gasteiger partial charge on any atom is -0.493 e. The van der Waals surface area contributed by atoms with Crippen molar-refractivity contribution in [3.05, 3.63) is 45.5 Å². The van der Waals surface area contributed by atoms with Crippen molar-refractivity contribution < 1.29 is 5.11 Å². The largest absolute Gasteiger partial charge is 0.493 e. The number of rotatable bonds is 2. The average molecular weight is 292 g/mol. The van der Waals surface area contributed by atoms with Crippen molar-refractivity contribution in [1.29, 1.82) is 0 Å². The van der Waals surface area contributed by atoms with Gasteiger partial charge in [-0.15, -0.1) is 0 Å². The van der Waals surface area contributed by atoms with Crippen molar-refractivity contribution in [2.75, 3.05) is 6.54 Å². The number of nitrogens with zero attached hydrogens (tertiary/aromatic N) is 1. The maximum absolute atomic E-state index is 12.2. The second-order valence-corrected chi connectivity index (χ2v) is 5.25. The lowest BCUT2D eigenvalue weighted by atomic mass is 10.1. The van der Waals surface area contributed by atoms with Gasteiger partial charge in [0, 0.05) is 5.02 Å². The first kappa shape index (κ1) is 13.1. The van der Waals surface area contributed by atoms with Crippen molar-refractivity contribution in [2.45, 2.75) is 18.9 Å². The summed E-state index contributed by atoms with van der Waals surface area (Å²) in [5.41, 5.74) is 0.340. The molecule has 0 bridgehead atoms. The Morgan fingerprint density at radius 1 is 1.40 bits per heavy atom. The van der Waals surface area contributed by atoms with Crippen LogP contribution in [0.25, 0.3) is 11.1 Å². The van der Waals surface area contributed by atoms with E-state index in [1.165, 1.54) is 0 Å². The third kappa shape index (κ3) is 2.42. The van der Waals surface area contributed by atoms with Crippen molar-refractivity contribution in [3.8, 4) is 17.0 Å². The molecule has 1 aliphatic heterocycles. The molecule has 1 unspecified atom stereocenters. The van der Waals surface area contributed by atoms with Gasteiger partial charge in [0.2, 0.25) is 5.88 Å². The van der Waals surface area contributed by atoms with Crippen LogP contribution in [0.4, 0.5) is 0 Å². The fourth-order valence-corrected chi connectivity index (χ4v) is 2.66. The smallest absolute Gasteiger partial charge is 0.262 e. The van der Waals surface area contributed by atoms with E-state index in [2.05, 4.69) is 15.3 Å². The van der Waals surface area contributed by atoms with E-state index in [0.717, 1.165) is 19.4 Å². The first-order valence-electron chi connectivity index (χ1n) is 6.47. The van der Waals surface area contributed by atoms with E-state index < -0.39 is 0 Å². The maximum Gasteiger partial charge on any atom is 0.262 e. The molecular weight excluding hydrogens is 278 g/mol. The minimum atomic E-state index is -0.358. The Bertz CT molecular complexity index is 693. The quantitative estimate of drug-likeness (QED) is 0.793. The standard InChI is InChI=1S/C14H14ClN3O2/c15-9-4-1-3-8(7-9)11-13(19)17-12(18-14(11)20)10-5-2-6-16-10/h1,3-4,7,10,16H,2,5-6H2,(H2,17,18,19,20).